The zero-order valence-corrected chi connectivity index (χ0v) is 6.34. The van der Waals surface area contributed by atoms with E-state index in [1.54, 1.807) is 0 Å². The fourth-order valence-corrected chi connectivity index (χ4v) is 0. The van der Waals surface area contributed by atoms with E-state index in [0.29, 0.717) is 0 Å². The van der Waals surface area contributed by atoms with E-state index >= 15 is 0 Å². The molecule has 6 heavy (non-hydrogen) atoms. The van der Waals surface area contributed by atoms with Gasteiger partial charge in [-0.05, 0) is 6.29 Å². The second kappa shape index (κ2) is 17.3. The molecule has 0 saturated carbocycles. The van der Waals surface area contributed by atoms with Gasteiger partial charge in [0.2, 0.25) is 0 Å². The molecule has 0 aliphatic heterocycles. The number of hydrogen-bond acceptors (Lipinski definition) is 1. The Morgan fingerprint density at radius 2 is 1.83 bits per heavy atom. The summed E-state index contributed by atoms with van der Waals surface area (Å²) in [5, 5.41) is 0. The Morgan fingerprint density at radius 1 is 1.67 bits per heavy atom. The maximum atomic E-state index is 8.93. The molecule has 0 N–H and O–H groups in total. The first-order valence-electron chi connectivity index (χ1n) is 0.901. The summed E-state index contributed by atoms with van der Waals surface area (Å²) in [7, 11) is 0. The molecule has 0 spiro atoms. The standard InChI is InChI=1S/C3H3O.Au.Cr/c1-2-3-4;;/h2H,1H2;;/q-1;;. The third kappa shape index (κ3) is 22.4. The van der Waals surface area contributed by atoms with Crippen LogP contribution >= 0.6 is 0 Å². The second-order valence-electron chi connectivity index (χ2n) is 0.322. The fraction of sp³-hybridized carbons (Fsp3) is 0. The van der Waals surface area contributed by atoms with Crippen molar-refractivity contribution >= 4 is 6.29 Å². The van der Waals surface area contributed by atoms with Crippen molar-refractivity contribution in [2.24, 2.45) is 0 Å². The predicted molar refractivity (Wildman–Crippen MR) is 15.9 cm³/mol. The minimum atomic E-state index is 0. The second-order valence-corrected chi connectivity index (χ2v) is 0.322. The van der Waals surface area contributed by atoms with E-state index in [0.717, 1.165) is 6.08 Å². The van der Waals surface area contributed by atoms with Crippen LogP contribution in [0.2, 0.25) is 0 Å². The van der Waals surface area contributed by atoms with Crippen LogP contribution in [0, 0.1) is 0 Å². The molecule has 1 nitrogen and oxygen atoms in total. The maximum Gasteiger partial charge on any atom is 0 e. The first kappa shape index (κ1) is 15.9. The van der Waals surface area contributed by atoms with Gasteiger partial charge in [0.15, 0.2) is 0 Å². The first-order valence-corrected chi connectivity index (χ1v) is 0.901. The van der Waals surface area contributed by atoms with Gasteiger partial charge < -0.3 is 4.79 Å². The Morgan fingerprint density at radius 3 is 1.83 bits per heavy atom. The smallest absolute Gasteiger partial charge is 0 e. The summed E-state index contributed by atoms with van der Waals surface area (Å²) < 4.78 is 0. The van der Waals surface area contributed by atoms with Gasteiger partial charge in [0.25, 0.3) is 0 Å². The van der Waals surface area contributed by atoms with Crippen molar-refractivity contribution in [2.75, 3.05) is 0 Å². The average Bonchev–Trinajstić information content (AvgIpc) is 1.37. The summed E-state index contributed by atoms with van der Waals surface area (Å²) >= 11 is 0. The quantitative estimate of drug-likeness (QED) is 0.386. The number of rotatable bonds is 1. The van der Waals surface area contributed by atoms with Gasteiger partial charge >= 0.3 is 0 Å². The molecule has 0 aliphatic rings. The van der Waals surface area contributed by atoms with Crippen molar-refractivity contribution in [1.29, 1.82) is 0 Å². The average molecular weight is 304 g/mol. The van der Waals surface area contributed by atoms with Gasteiger partial charge in [0, 0.05) is 39.7 Å². The van der Waals surface area contributed by atoms with E-state index in [9.17, 15) is 0 Å². The van der Waals surface area contributed by atoms with Crippen molar-refractivity contribution < 1.29 is 44.5 Å². The van der Waals surface area contributed by atoms with Crippen molar-refractivity contribution in [2.45, 2.75) is 0 Å². The molecule has 0 aromatic heterocycles. The molecule has 1 radical (unpaired) electrons. The van der Waals surface area contributed by atoms with Crippen LogP contribution < -0.4 is 0 Å². The van der Waals surface area contributed by atoms with Crippen molar-refractivity contribution in [3.8, 4) is 0 Å². The number of allylic oxidation sites excluding steroid dienone is 1. The molecular weight excluding hydrogens is 301 g/mol. The Balaban J connectivity index is -0.0000000450. The zero-order valence-electron chi connectivity index (χ0n) is 2.90. The molecule has 0 aliphatic carbocycles. The van der Waals surface area contributed by atoms with E-state index in [4.69, 9.17) is 4.79 Å². The van der Waals surface area contributed by atoms with Crippen LogP contribution in [0.3, 0.4) is 0 Å². The maximum absolute atomic E-state index is 8.93. The predicted octanol–water partition coefficient (Wildman–Crippen LogP) is 0.277. The Labute approximate surface area is 63.4 Å². The molecule has 0 fully saturated rings. The molecule has 0 unspecified atom stereocenters. The number of carbonyl (C=O) groups excluding carboxylic acids is 1. The number of hydrogen-bond donors (Lipinski definition) is 0. The van der Waals surface area contributed by atoms with E-state index < -0.39 is 0 Å². The summed E-state index contributed by atoms with van der Waals surface area (Å²) in [5.41, 5.74) is 0. The van der Waals surface area contributed by atoms with Crippen LogP contribution in [0.4, 0.5) is 0 Å². The zero-order chi connectivity index (χ0) is 3.41. The normalized spacial score (nSPS) is 3.33. The fourth-order valence-electron chi connectivity index (χ4n) is 0. The van der Waals surface area contributed by atoms with Crippen LogP contribution in [0.1, 0.15) is 0 Å². The molecule has 39 valence electrons. The van der Waals surface area contributed by atoms with Crippen LogP contribution in [-0.2, 0) is 44.5 Å². The minimum Gasteiger partial charge on any atom is -0.419 e. The largest absolute Gasteiger partial charge is 0.419 e. The molecule has 0 heterocycles. The van der Waals surface area contributed by atoms with Crippen LogP contribution in [0.5, 0.6) is 0 Å². The third-order valence-corrected chi connectivity index (χ3v) is 0.0833. The Bertz CT molecular complexity index is 31.8. The van der Waals surface area contributed by atoms with Gasteiger partial charge in [0.05, 0.1) is 0 Å². The summed E-state index contributed by atoms with van der Waals surface area (Å²) in [6.07, 6.45) is 2.51. The molecule has 3 heteroatoms. The SMILES string of the molecule is C=C[C-]=O.[Au].[Cr]. The van der Waals surface area contributed by atoms with Gasteiger partial charge in [-0.3, -0.25) is 0 Å². The molecule has 0 aromatic rings. The minimum absolute atomic E-state index is 0. The summed E-state index contributed by atoms with van der Waals surface area (Å²) in [4.78, 5) is 8.93. The summed E-state index contributed by atoms with van der Waals surface area (Å²) in [6, 6.07) is 0. The molecule has 0 atom stereocenters. The van der Waals surface area contributed by atoms with Gasteiger partial charge in [-0.25, -0.2) is 12.7 Å². The Hall–Kier alpha value is 0.683. The van der Waals surface area contributed by atoms with Crippen LogP contribution in [-0.4, -0.2) is 6.29 Å². The van der Waals surface area contributed by atoms with E-state index in [2.05, 4.69) is 6.58 Å². The van der Waals surface area contributed by atoms with Gasteiger partial charge in [0.1, 0.15) is 0 Å². The topological polar surface area (TPSA) is 17.1 Å². The molecule has 0 rings (SSSR count). The van der Waals surface area contributed by atoms with Crippen molar-refractivity contribution in [1.82, 2.24) is 0 Å². The summed E-state index contributed by atoms with van der Waals surface area (Å²) in [6.45, 7) is 3.06. The molecule has 0 amide bonds. The van der Waals surface area contributed by atoms with Crippen molar-refractivity contribution in [3.05, 3.63) is 12.7 Å². The van der Waals surface area contributed by atoms with Gasteiger partial charge in [-0.15, -0.1) is 0 Å². The van der Waals surface area contributed by atoms with Crippen LogP contribution in [0.15, 0.2) is 12.7 Å². The van der Waals surface area contributed by atoms with E-state index in [1.807, 2.05) is 0 Å². The van der Waals surface area contributed by atoms with Gasteiger partial charge in [-0.1, -0.05) is 0 Å². The molecule has 0 aromatic carbocycles. The Kier molecular flexibility index (Phi) is 45.9. The molecule has 0 saturated heterocycles. The molecule has 0 bridgehead atoms. The first-order chi connectivity index (χ1) is 1.91. The van der Waals surface area contributed by atoms with E-state index in [1.165, 1.54) is 6.29 Å². The van der Waals surface area contributed by atoms with Gasteiger partial charge in [-0.2, -0.15) is 0 Å². The molecular formula is C3H3AuCrO-. The van der Waals surface area contributed by atoms with Crippen molar-refractivity contribution in [3.63, 3.8) is 0 Å². The van der Waals surface area contributed by atoms with E-state index in [-0.39, 0.29) is 39.7 Å². The van der Waals surface area contributed by atoms with Crippen LogP contribution in [0.25, 0.3) is 0 Å². The monoisotopic (exact) mass is 304 g/mol. The third-order valence-electron chi connectivity index (χ3n) is 0.0833. The summed E-state index contributed by atoms with van der Waals surface area (Å²) in [5.74, 6) is 0.